The zero-order valence-corrected chi connectivity index (χ0v) is 21.6. The van der Waals surface area contributed by atoms with Gasteiger partial charge in [-0.05, 0) is 39.7 Å². The Kier molecular flexibility index (Phi) is 14.7. The minimum absolute atomic E-state index is 0.501. The molecule has 0 fully saturated rings. The summed E-state index contributed by atoms with van der Waals surface area (Å²) in [5.74, 6) is -1.44. The summed E-state index contributed by atoms with van der Waals surface area (Å²) >= 11 is 0. The predicted octanol–water partition coefficient (Wildman–Crippen LogP) is 6.88. The zero-order valence-electron chi connectivity index (χ0n) is 21.6. The van der Waals surface area contributed by atoms with Gasteiger partial charge in [0, 0.05) is 12.2 Å². The van der Waals surface area contributed by atoms with E-state index in [-0.39, 0.29) is 0 Å². The van der Waals surface area contributed by atoms with Gasteiger partial charge < -0.3 is 19.4 Å². The molecule has 1 rings (SSSR count). The molecule has 4 heteroatoms. The summed E-state index contributed by atoms with van der Waals surface area (Å²) in [5, 5.41) is 11.7. The lowest BCUT2D eigenvalue weighted by Crippen LogP contribution is -2.41. The molecular formula is C28H49O4-. The minimum atomic E-state index is -1.11. The van der Waals surface area contributed by atoms with Gasteiger partial charge in [-0.25, -0.2) is 0 Å². The first-order valence-electron chi connectivity index (χ1n) is 13.3. The van der Waals surface area contributed by atoms with Gasteiger partial charge >= 0.3 is 0 Å². The van der Waals surface area contributed by atoms with Crippen molar-refractivity contribution in [2.75, 3.05) is 13.2 Å². The monoisotopic (exact) mass is 449 g/mol. The van der Waals surface area contributed by atoms with Gasteiger partial charge in [-0.15, -0.1) is 0 Å². The van der Waals surface area contributed by atoms with Crippen molar-refractivity contribution < 1.29 is 19.4 Å². The van der Waals surface area contributed by atoms with Gasteiger partial charge in [-0.1, -0.05) is 96.5 Å². The van der Waals surface area contributed by atoms with Crippen LogP contribution in [-0.2, 0) is 14.3 Å². The molecule has 2 atom stereocenters. The lowest BCUT2D eigenvalue weighted by Gasteiger charge is -2.39. The van der Waals surface area contributed by atoms with Crippen LogP contribution in [0.15, 0.2) is 23.0 Å². The van der Waals surface area contributed by atoms with Crippen LogP contribution in [0, 0.1) is 5.92 Å². The highest BCUT2D eigenvalue weighted by molar-refractivity contribution is 5.75. The molecule has 0 aromatic rings. The molecule has 0 saturated heterocycles. The number of carbonyl (C=O) groups is 1. The van der Waals surface area contributed by atoms with Gasteiger partial charge in [0.1, 0.15) is 11.4 Å². The summed E-state index contributed by atoms with van der Waals surface area (Å²) < 4.78 is 12.0. The number of aliphatic carboxylic acids is 1. The van der Waals surface area contributed by atoms with E-state index in [1.54, 1.807) is 6.08 Å². The van der Waals surface area contributed by atoms with E-state index in [1.807, 2.05) is 27.7 Å². The van der Waals surface area contributed by atoms with E-state index < -0.39 is 17.5 Å². The molecule has 0 radical (unpaired) electrons. The molecule has 0 aliphatic heterocycles. The topological polar surface area (TPSA) is 58.6 Å². The molecule has 4 nitrogen and oxygen atoms in total. The normalized spacial score (nSPS) is 21.0. The summed E-state index contributed by atoms with van der Waals surface area (Å²) in [6.45, 7) is 11.1. The second kappa shape index (κ2) is 16.3. The summed E-state index contributed by atoms with van der Waals surface area (Å²) in [7, 11) is 0. The molecule has 0 N–H and O–H groups in total. The Balaban J connectivity index is 2.22. The van der Waals surface area contributed by atoms with Gasteiger partial charge in [0.25, 0.3) is 0 Å². The lowest BCUT2D eigenvalue weighted by atomic mass is 9.79. The highest BCUT2D eigenvalue weighted by Gasteiger charge is 2.38. The highest BCUT2D eigenvalue weighted by atomic mass is 16.5. The molecule has 1 aliphatic carbocycles. The van der Waals surface area contributed by atoms with Crippen LogP contribution in [0.5, 0.6) is 0 Å². The molecule has 0 saturated carbocycles. The molecule has 1 aliphatic rings. The van der Waals surface area contributed by atoms with E-state index in [4.69, 9.17) is 9.47 Å². The second-order valence-electron chi connectivity index (χ2n) is 9.55. The van der Waals surface area contributed by atoms with Crippen molar-refractivity contribution in [1.29, 1.82) is 0 Å². The average Bonchev–Trinajstić information content (AvgIpc) is 2.76. The molecule has 0 spiro atoms. The van der Waals surface area contributed by atoms with E-state index in [0.29, 0.717) is 19.0 Å². The van der Waals surface area contributed by atoms with E-state index in [0.717, 1.165) is 24.0 Å². The molecule has 32 heavy (non-hydrogen) atoms. The minimum Gasteiger partial charge on any atom is -0.549 e. The van der Waals surface area contributed by atoms with Gasteiger partial charge in [0.2, 0.25) is 0 Å². The summed E-state index contributed by atoms with van der Waals surface area (Å²) in [4.78, 5) is 11.7. The zero-order chi connectivity index (χ0) is 23.8. The molecule has 0 amide bonds. The maximum Gasteiger partial charge on any atom is 0.111 e. The van der Waals surface area contributed by atoms with Crippen LogP contribution >= 0.6 is 0 Å². The molecule has 0 aromatic heterocycles. The van der Waals surface area contributed by atoms with E-state index in [2.05, 4.69) is 6.92 Å². The number of carboxylic acids is 1. The fourth-order valence-electron chi connectivity index (χ4n) is 4.61. The first kappa shape index (κ1) is 28.7. The third-order valence-electron chi connectivity index (χ3n) is 6.98. The molecular weight excluding hydrogens is 400 g/mol. The number of unbranched alkanes of at least 4 members (excludes halogenated alkanes) is 13. The van der Waals surface area contributed by atoms with Gasteiger partial charge in [-0.3, -0.25) is 0 Å². The maximum absolute atomic E-state index is 11.7. The van der Waals surface area contributed by atoms with Crippen LogP contribution in [0.4, 0.5) is 0 Å². The maximum atomic E-state index is 11.7. The third-order valence-corrected chi connectivity index (χ3v) is 6.98. The van der Waals surface area contributed by atoms with Crippen molar-refractivity contribution in [3.63, 3.8) is 0 Å². The highest BCUT2D eigenvalue weighted by Crippen LogP contribution is 2.39. The Morgan fingerprint density at radius 3 is 1.78 bits per heavy atom. The molecule has 0 bridgehead atoms. The first-order chi connectivity index (χ1) is 15.4. The average molecular weight is 450 g/mol. The quantitative estimate of drug-likeness (QED) is 0.159. The molecule has 2 unspecified atom stereocenters. The Morgan fingerprint density at radius 2 is 1.34 bits per heavy atom. The SMILES string of the molecule is CCCCCCCCCCCCCCCCOC1=C(C)C(C)(OCC)C(C)=CC1C(=O)[O-]. The van der Waals surface area contributed by atoms with Crippen molar-refractivity contribution in [2.45, 2.75) is 130 Å². The number of carboxylic acid groups (broad SMARTS) is 1. The third kappa shape index (κ3) is 9.68. The number of hydrogen-bond donors (Lipinski definition) is 0. The van der Waals surface area contributed by atoms with Crippen molar-refractivity contribution in [1.82, 2.24) is 0 Å². The number of carbonyl (C=O) groups excluding carboxylic acids is 1. The fourth-order valence-corrected chi connectivity index (χ4v) is 4.61. The van der Waals surface area contributed by atoms with Crippen molar-refractivity contribution in [3.05, 3.63) is 23.0 Å². The molecule has 0 aromatic carbocycles. The number of rotatable bonds is 19. The lowest BCUT2D eigenvalue weighted by molar-refractivity contribution is -0.309. The Morgan fingerprint density at radius 1 is 0.875 bits per heavy atom. The van der Waals surface area contributed by atoms with Gasteiger partial charge in [0.15, 0.2) is 0 Å². The van der Waals surface area contributed by atoms with Crippen molar-refractivity contribution >= 4 is 5.97 Å². The van der Waals surface area contributed by atoms with Crippen LogP contribution in [0.3, 0.4) is 0 Å². The number of ether oxygens (including phenoxy) is 2. The summed E-state index contributed by atoms with van der Waals surface area (Å²) in [6.07, 6.45) is 20.1. The van der Waals surface area contributed by atoms with Crippen LogP contribution in [0.2, 0.25) is 0 Å². The van der Waals surface area contributed by atoms with Crippen molar-refractivity contribution in [3.8, 4) is 0 Å². The standard InChI is InChI=1S/C28H50O4/c1-6-8-9-10-11-12-13-14-15-16-17-18-19-20-21-31-26-24(4)28(5,32-7-2)23(3)22-25(26)27(29)30/h22,25H,6-21H2,1-5H3,(H,29,30)/p-1. The predicted molar refractivity (Wildman–Crippen MR) is 131 cm³/mol. The van der Waals surface area contributed by atoms with Crippen LogP contribution in [-0.4, -0.2) is 24.8 Å². The van der Waals surface area contributed by atoms with Crippen LogP contribution in [0.1, 0.15) is 125 Å². The summed E-state index contributed by atoms with van der Waals surface area (Å²) in [6, 6.07) is 0. The molecule has 186 valence electrons. The van der Waals surface area contributed by atoms with Crippen LogP contribution < -0.4 is 5.11 Å². The largest absolute Gasteiger partial charge is 0.549 e. The van der Waals surface area contributed by atoms with Gasteiger partial charge in [-0.2, -0.15) is 0 Å². The summed E-state index contributed by atoms with van der Waals surface area (Å²) in [5.41, 5.74) is 1.14. The van der Waals surface area contributed by atoms with Gasteiger partial charge in [0.05, 0.1) is 18.5 Å². The second-order valence-corrected chi connectivity index (χ2v) is 9.55. The van der Waals surface area contributed by atoms with Crippen LogP contribution in [0.25, 0.3) is 0 Å². The fraction of sp³-hybridized carbons (Fsp3) is 0.821. The number of hydrogen-bond acceptors (Lipinski definition) is 4. The smallest absolute Gasteiger partial charge is 0.111 e. The van der Waals surface area contributed by atoms with Crippen molar-refractivity contribution in [2.24, 2.45) is 5.92 Å². The Bertz CT molecular complexity index is 592. The van der Waals surface area contributed by atoms with E-state index in [9.17, 15) is 9.90 Å². The first-order valence-corrected chi connectivity index (χ1v) is 13.3. The van der Waals surface area contributed by atoms with E-state index >= 15 is 0 Å². The Labute approximate surface area is 197 Å². The van der Waals surface area contributed by atoms with E-state index in [1.165, 1.54) is 77.0 Å². The Hall–Kier alpha value is -1.29. The molecule has 0 heterocycles.